The van der Waals surface area contributed by atoms with Crippen molar-refractivity contribution in [3.63, 3.8) is 0 Å². The number of aryl methyl sites for hydroxylation is 1. The summed E-state index contributed by atoms with van der Waals surface area (Å²) in [6.07, 6.45) is 2.50. The second kappa shape index (κ2) is 4.56. The van der Waals surface area contributed by atoms with Gasteiger partial charge in [-0.05, 0) is 46.0 Å². The highest BCUT2D eigenvalue weighted by Crippen LogP contribution is 2.33. The molecule has 0 radical (unpaired) electrons. The van der Waals surface area contributed by atoms with E-state index in [1.54, 1.807) is 0 Å². The van der Waals surface area contributed by atoms with Gasteiger partial charge in [-0.2, -0.15) is 0 Å². The number of nitrogens with one attached hydrogen (secondary N) is 1. The summed E-state index contributed by atoms with van der Waals surface area (Å²) >= 11 is 0. The van der Waals surface area contributed by atoms with Gasteiger partial charge in [-0.3, -0.25) is 4.90 Å². The zero-order chi connectivity index (χ0) is 11.6. The number of rotatable bonds is 2. The Balaban J connectivity index is 2.34. The minimum Gasteiger partial charge on any atom is -0.315 e. The first-order chi connectivity index (χ1) is 7.65. The van der Waals surface area contributed by atoms with Crippen LogP contribution in [0.1, 0.15) is 24.0 Å². The third-order valence-corrected chi connectivity index (χ3v) is 3.81. The monoisotopic (exact) mass is 218 g/mol. The number of piperidine rings is 1. The fourth-order valence-corrected chi connectivity index (χ4v) is 2.64. The third-order valence-electron chi connectivity index (χ3n) is 3.81. The van der Waals surface area contributed by atoms with Crippen molar-refractivity contribution in [3.8, 4) is 0 Å². The minimum atomic E-state index is 0.186. The molecule has 1 unspecified atom stereocenters. The average Bonchev–Trinajstić information content (AvgIpc) is 2.30. The zero-order valence-electron chi connectivity index (χ0n) is 10.6. The lowest BCUT2D eigenvalue weighted by Crippen LogP contribution is -2.52. The molecule has 1 aliphatic rings. The SMILES string of the molecule is Cc1ccc(C2(N(C)C)CCCNC2)cc1. The molecule has 0 spiro atoms. The van der Waals surface area contributed by atoms with E-state index < -0.39 is 0 Å². The van der Waals surface area contributed by atoms with Crippen LogP contribution in [0.25, 0.3) is 0 Å². The van der Waals surface area contributed by atoms with E-state index >= 15 is 0 Å². The van der Waals surface area contributed by atoms with E-state index in [0.717, 1.165) is 13.1 Å². The summed E-state index contributed by atoms with van der Waals surface area (Å²) in [5, 5.41) is 3.53. The standard InChI is InChI=1S/C14H22N2/c1-12-5-7-13(8-6-12)14(16(2)3)9-4-10-15-11-14/h5-8,15H,4,9-11H2,1-3H3. The van der Waals surface area contributed by atoms with Crippen LogP contribution >= 0.6 is 0 Å². The van der Waals surface area contributed by atoms with Crippen molar-refractivity contribution in [3.05, 3.63) is 35.4 Å². The highest BCUT2D eigenvalue weighted by atomic mass is 15.2. The van der Waals surface area contributed by atoms with Crippen molar-refractivity contribution < 1.29 is 0 Å². The first-order valence-corrected chi connectivity index (χ1v) is 6.10. The maximum Gasteiger partial charge on any atom is 0.0581 e. The molecule has 16 heavy (non-hydrogen) atoms. The van der Waals surface area contributed by atoms with E-state index in [1.807, 2.05) is 0 Å². The lowest BCUT2D eigenvalue weighted by molar-refractivity contribution is 0.113. The summed E-state index contributed by atoms with van der Waals surface area (Å²) in [6.45, 7) is 4.36. The predicted molar refractivity (Wildman–Crippen MR) is 68.6 cm³/mol. The summed E-state index contributed by atoms with van der Waals surface area (Å²) < 4.78 is 0. The third kappa shape index (κ3) is 2.00. The van der Waals surface area contributed by atoms with Gasteiger partial charge < -0.3 is 5.32 Å². The van der Waals surface area contributed by atoms with Crippen molar-refractivity contribution in [1.82, 2.24) is 10.2 Å². The number of hydrogen-bond donors (Lipinski definition) is 1. The van der Waals surface area contributed by atoms with E-state index in [2.05, 4.69) is 55.5 Å². The topological polar surface area (TPSA) is 15.3 Å². The second-order valence-corrected chi connectivity index (χ2v) is 5.07. The molecule has 1 aliphatic heterocycles. The van der Waals surface area contributed by atoms with E-state index in [-0.39, 0.29) is 5.54 Å². The molecule has 1 fully saturated rings. The van der Waals surface area contributed by atoms with Gasteiger partial charge in [0.05, 0.1) is 5.54 Å². The number of nitrogens with zero attached hydrogens (tertiary/aromatic N) is 1. The van der Waals surface area contributed by atoms with Crippen LogP contribution in [-0.4, -0.2) is 32.1 Å². The van der Waals surface area contributed by atoms with Gasteiger partial charge in [0.2, 0.25) is 0 Å². The Kier molecular flexibility index (Phi) is 3.31. The van der Waals surface area contributed by atoms with Crippen LogP contribution in [0.3, 0.4) is 0 Å². The van der Waals surface area contributed by atoms with Gasteiger partial charge in [0.25, 0.3) is 0 Å². The first-order valence-electron chi connectivity index (χ1n) is 6.10. The first kappa shape index (κ1) is 11.6. The molecule has 0 saturated carbocycles. The summed E-state index contributed by atoms with van der Waals surface area (Å²) in [7, 11) is 4.37. The van der Waals surface area contributed by atoms with Crippen LogP contribution in [0, 0.1) is 6.92 Å². The highest BCUT2D eigenvalue weighted by Gasteiger charge is 2.35. The van der Waals surface area contributed by atoms with Crippen LogP contribution in [0.15, 0.2) is 24.3 Å². The van der Waals surface area contributed by atoms with Crippen LogP contribution < -0.4 is 5.32 Å². The summed E-state index contributed by atoms with van der Waals surface area (Å²) in [5.74, 6) is 0. The van der Waals surface area contributed by atoms with Gasteiger partial charge in [-0.1, -0.05) is 29.8 Å². The molecule has 1 atom stereocenters. The lowest BCUT2D eigenvalue weighted by atomic mass is 9.81. The highest BCUT2D eigenvalue weighted by molar-refractivity contribution is 5.29. The van der Waals surface area contributed by atoms with Crippen LogP contribution in [0.5, 0.6) is 0 Å². The molecule has 1 heterocycles. The molecule has 2 nitrogen and oxygen atoms in total. The molecule has 0 amide bonds. The van der Waals surface area contributed by atoms with Crippen LogP contribution in [0.4, 0.5) is 0 Å². The van der Waals surface area contributed by atoms with Gasteiger partial charge in [0.15, 0.2) is 0 Å². The number of hydrogen-bond acceptors (Lipinski definition) is 2. The molecule has 1 N–H and O–H groups in total. The van der Waals surface area contributed by atoms with Crippen molar-refractivity contribution in [2.75, 3.05) is 27.2 Å². The molecule has 2 heteroatoms. The van der Waals surface area contributed by atoms with E-state index in [4.69, 9.17) is 0 Å². The Hall–Kier alpha value is -0.860. The number of benzene rings is 1. The van der Waals surface area contributed by atoms with Crippen molar-refractivity contribution in [2.24, 2.45) is 0 Å². The van der Waals surface area contributed by atoms with E-state index in [9.17, 15) is 0 Å². The molecule has 0 aromatic heterocycles. The Morgan fingerprint density at radius 3 is 2.38 bits per heavy atom. The summed E-state index contributed by atoms with van der Waals surface area (Å²) in [6, 6.07) is 9.00. The van der Waals surface area contributed by atoms with Crippen molar-refractivity contribution in [1.29, 1.82) is 0 Å². The molecular weight excluding hydrogens is 196 g/mol. The molecule has 2 rings (SSSR count). The average molecular weight is 218 g/mol. The Bertz CT molecular complexity index is 334. The molecule has 1 saturated heterocycles. The smallest absolute Gasteiger partial charge is 0.0581 e. The van der Waals surface area contributed by atoms with Gasteiger partial charge in [-0.25, -0.2) is 0 Å². The molecule has 1 aromatic rings. The second-order valence-electron chi connectivity index (χ2n) is 5.07. The quantitative estimate of drug-likeness (QED) is 0.818. The fourth-order valence-electron chi connectivity index (χ4n) is 2.64. The largest absolute Gasteiger partial charge is 0.315 e. The Morgan fingerprint density at radius 1 is 1.19 bits per heavy atom. The molecule has 1 aromatic carbocycles. The minimum absolute atomic E-state index is 0.186. The molecule has 88 valence electrons. The summed E-state index contributed by atoms with van der Waals surface area (Å²) in [5.41, 5.74) is 2.96. The molecular formula is C14H22N2. The van der Waals surface area contributed by atoms with Crippen molar-refractivity contribution >= 4 is 0 Å². The normalized spacial score (nSPS) is 26.0. The fraction of sp³-hybridized carbons (Fsp3) is 0.571. The van der Waals surface area contributed by atoms with E-state index in [0.29, 0.717) is 0 Å². The zero-order valence-corrected chi connectivity index (χ0v) is 10.6. The van der Waals surface area contributed by atoms with Gasteiger partial charge in [-0.15, -0.1) is 0 Å². The van der Waals surface area contributed by atoms with Crippen LogP contribution in [-0.2, 0) is 5.54 Å². The van der Waals surface area contributed by atoms with Crippen LogP contribution in [0.2, 0.25) is 0 Å². The Morgan fingerprint density at radius 2 is 1.88 bits per heavy atom. The van der Waals surface area contributed by atoms with Gasteiger partial charge in [0, 0.05) is 6.54 Å². The van der Waals surface area contributed by atoms with Gasteiger partial charge in [0.1, 0.15) is 0 Å². The molecule has 0 aliphatic carbocycles. The predicted octanol–water partition coefficient (Wildman–Crippen LogP) is 2.14. The van der Waals surface area contributed by atoms with E-state index in [1.165, 1.54) is 24.0 Å². The maximum atomic E-state index is 3.53. The lowest BCUT2D eigenvalue weighted by Gasteiger charge is -2.43. The van der Waals surface area contributed by atoms with Crippen molar-refractivity contribution in [2.45, 2.75) is 25.3 Å². The maximum absolute atomic E-state index is 3.53. The summed E-state index contributed by atoms with van der Waals surface area (Å²) in [4.78, 5) is 2.36. The van der Waals surface area contributed by atoms with Gasteiger partial charge >= 0.3 is 0 Å². The molecule has 0 bridgehead atoms. The number of likely N-dealkylation sites (N-methyl/N-ethyl adjacent to an activating group) is 1. The Labute approximate surface area is 98.7 Å².